The van der Waals surface area contributed by atoms with Crippen molar-refractivity contribution in [2.24, 2.45) is 5.10 Å². The molecule has 1 heterocycles. The first-order chi connectivity index (χ1) is 17.1. The Hall–Kier alpha value is -3.88. The number of nitrogens with one attached hydrogen (secondary N) is 1. The first-order valence-electron chi connectivity index (χ1n) is 10.7. The molecule has 7 nitrogen and oxygen atoms in total. The summed E-state index contributed by atoms with van der Waals surface area (Å²) in [7, 11) is 1.62. The summed E-state index contributed by atoms with van der Waals surface area (Å²) in [6.07, 6.45) is 3.15. The van der Waals surface area contributed by atoms with Crippen LogP contribution in [0.25, 0.3) is 23.2 Å². The minimum Gasteiger partial charge on any atom is -0.497 e. The van der Waals surface area contributed by atoms with Crippen LogP contribution in [0.4, 0.5) is 0 Å². The van der Waals surface area contributed by atoms with Crippen LogP contribution in [-0.2, 0) is 4.79 Å². The fraction of sp³-hybridized carbons (Fsp3) is 0.0769. The standard InChI is InChI=1S/C26H22ClN5O2S/c1-34-23-14-12-22(13-15-23)32-25(20-10-6-3-7-11-20)30-31-26(32)35-18-24(33)29-28-17-21(27)16-19-8-4-2-5-9-19/h2-17H,18H2,1H3,(H,29,33). The number of hydrogen-bond acceptors (Lipinski definition) is 6. The van der Waals surface area contributed by atoms with Crippen molar-refractivity contribution < 1.29 is 9.53 Å². The number of ether oxygens (including phenoxy) is 1. The largest absolute Gasteiger partial charge is 0.497 e. The SMILES string of the molecule is COc1ccc(-n2c(SCC(=O)NN=CC(Cl)=Cc3ccccc3)nnc2-c2ccccc2)cc1. The quantitative estimate of drug-likeness (QED) is 0.187. The summed E-state index contributed by atoms with van der Waals surface area (Å²) in [5, 5.41) is 13.6. The zero-order valence-electron chi connectivity index (χ0n) is 18.8. The third kappa shape index (κ3) is 6.59. The Morgan fingerprint density at radius 2 is 1.71 bits per heavy atom. The molecular weight excluding hydrogens is 482 g/mol. The number of rotatable bonds is 9. The molecule has 0 spiro atoms. The van der Waals surface area contributed by atoms with E-state index >= 15 is 0 Å². The predicted molar refractivity (Wildman–Crippen MR) is 141 cm³/mol. The van der Waals surface area contributed by atoms with Gasteiger partial charge in [-0.25, -0.2) is 5.43 Å². The average molecular weight is 504 g/mol. The molecule has 4 aromatic rings. The molecule has 0 atom stereocenters. The van der Waals surface area contributed by atoms with Crippen LogP contribution in [0.2, 0.25) is 0 Å². The first kappa shape index (κ1) is 24.3. The minimum atomic E-state index is -0.291. The van der Waals surface area contributed by atoms with Crippen LogP contribution in [-0.4, -0.2) is 39.7 Å². The number of amides is 1. The molecule has 9 heteroatoms. The molecule has 0 bridgehead atoms. The molecule has 4 rings (SSSR count). The minimum absolute atomic E-state index is 0.0977. The number of thioether (sulfide) groups is 1. The summed E-state index contributed by atoms with van der Waals surface area (Å²) < 4.78 is 7.18. The van der Waals surface area contributed by atoms with Gasteiger partial charge >= 0.3 is 0 Å². The molecule has 3 aromatic carbocycles. The second-order valence-corrected chi connectivity index (χ2v) is 8.61. The Bertz CT molecular complexity index is 1320. The van der Waals surface area contributed by atoms with Gasteiger partial charge < -0.3 is 4.74 Å². The molecule has 0 aliphatic carbocycles. The normalized spacial score (nSPS) is 11.5. The predicted octanol–water partition coefficient (Wildman–Crippen LogP) is 5.42. The molecule has 1 aromatic heterocycles. The van der Waals surface area contributed by atoms with Gasteiger partial charge in [-0.1, -0.05) is 84.0 Å². The molecular formula is C26H22ClN5O2S. The number of carbonyl (C=O) groups excluding carboxylic acids is 1. The molecule has 1 amide bonds. The second kappa shape index (κ2) is 12.0. The Morgan fingerprint density at radius 1 is 1.03 bits per heavy atom. The zero-order chi connectivity index (χ0) is 24.5. The van der Waals surface area contributed by atoms with Gasteiger partial charge in [0.05, 0.1) is 24.1 Å². The van der Waals surface area contributed by atoms with E-state index in [0.29, 0.717) is 16.0 Å². The molecule has 0 unspecified atom stereocenters. The number of nitrogens with zero attached hydrogens (tertiary/aromatic N) is 4. The van der Waals surface area contributed by atoms with Crippen molar-refractivity contribution in [1.29, 1.82) is 0 Å². The van der Waals surface area contributed by atoms with Gasteiger partial charge in [-0.2, -0.15) is 5.10 Å². The van der Waals surface area contributed by atoms with Gasteiger partial charge in [-0.3, -0.25) is 9.36 Å². The monoisotopic (exact) mass is 503 g/mol. The fourth-order valence-corrected chi connectivity index (χ4v) is 4.09. The lowest BCUT2D eigenvalue weighted by Crippen LogP contribution is -2.19. The molecule has 35 heavy (non-hydrogen) atoms. The molecule has 176 valence electrons. The number of hydrogen-bond donors (Lipinski definition) is 1. The summed E-state index contributed by atoms with van der Waals surface area (Å²) in [6, 6.07) is 26.9. The van der Waals surface area contributed by atoms with Gasteiger partial charge in [0.25, 0.3) is 5.91 Å². The van der Waals surface area contributed by atoms with Crippen molar-refractivity contribution in [2.45, 2.75) is 5.16 Å². The topological polar surface area (TPSA) is 81.4 Å². The summed E-state index contributed by atoms with van der Waals surface area (Å²) >= 11 is 7.43. The molecule has 0 aliphatic rings. The highest BCUT2D eigenvalue weighted by molar-refractivity contribution is 7.99. The molecule has 0 aliphatic heterocycles. The van der Waals surface area contributed by atoms with Crippen molar-refractivity contribution in [3.8, 4) is 22.8 Å². The molecule has 1 N–H and O–H groups in total. The summed E-state index contributed by atoms with van der Waals surface area (Å²) in [6.45, 7) is 0. The van der Waals surface area contributed by atoms with E-state index in [-0.39, 0.29) is 11.7 Å². The highest BCUT2D eigenvalue weighted by Crippen LogP contribution is 2.28. The van der Waals surface area contributed by atoms with Gasteiger partial charge in [0.1, 0.15) is 5.75 Å². The molecule has 0 saturated carbocycles. The maximum absolute atomic E-state index is 12.4. The van der Waals surface area contributed by atoms with E-state index in [2.05, 4.69) is 20.7 Å². The maximum Gasteiger partial charge on any atom is 0.250 e. The van der Waals surface area contributed by atoms with Crippen LogP contribution in [0.15, 0.2) is 100 Å². The van der Waals surface area contributed by atoms with Gasteiger partial charge in [-0.15, -0.1) is 10.2 Å². The molecule has 0 radical (unpaired) electrons. The van der Waals surface area contributed by atoms with E-state index in [1.807, 2.05) is 89.5 Å². The van der Waals surface area contributed by atoms with E-state index in [0.717, 1.165) is 22.6 Å². The van der Waals surface area contributed by atoms with Crippen LogP contribution < -0.4 is 10.2 Å². The van der Waals surface area contributed by atoms with Gasteiger partial charge in [0, 0.05) is 11.3 Å². The second-order valence-electron chi connectivity index (χ2n) is 7.23. The fourth-order valence-electron chi connectivity index (χ4n) is 3.18. The average Bonchev–Trinajstić information content (AvgIpc) is 3.32. The van der Waals surface area contributed by atoms with E-state index in [1.54, 1.807) is 13.2 Å². The number of benzene rings is 3. The van der Waals surface area contributed by atoms with Crippen molar-refractivity contribution in [3.63, 3.8) is 0 Å². The zero-order valence-corrected chi connectivity index (χ0v) is 20.4. The Morgan fingerprint density at radius 3 is 2.40 bits per heavy atom. The lowest BCUT2D eigenvalue weighted by atomic mass is 10.2. The van der Waals surface area contributed by atoms with E-state index in [1.165, 1.54) is 18.0 Å². The number of aromatic nitrogens is 3. The highest BCUT2D eigenvalue weighted by Gasteiger charge is 2.17. The lowest BCUT2D eigenvalue weighted by Gasteiger charge is -2.11. The van der Waals surface area contributed by atoms with E-state index in [4.69, 9.17) is 16.3 Å². The van der Waals surface area contributed by atoms with Crippen molar-refractivity contribution >= 4 is 41.6 Å². The summed E-state index contributed by atoms with van der Waals surface area (Å²) in [5.74, 6) is 1.23. The number of carbonyl (C=O) groups is 1. The first-order valence-corrected chi connectivity index (χ1v) is 12.0. The maximum atomic E-state index is 12.4. The van der Waals surface area contributed by atoms with Gasteiger partial charge in [0.15, 0.2) is 11.0 Å². The van der Waals surface area contributed by atoms with Crippen LogP contribution in [0.5, 0.6) is 5.75 Å². The Kier molecular flexibility index (Phi) is 8.32. The number of hydrazone groups is 1. The highest BCUT2D eigenvalue weighted by atomic mass is 35.5. The lowest BCUT2D eigenvalue weighted by molar-refractivity contribution is -0.118. The third-order valence-corrected chi connectivity index (χ3v) is 5.95. The summed E-state index contributed by atoms with van der Waals surface area (Å²) in [5.41, 5.74) is 5.20. The number of halogens is 1. The Balaban J connectivity index is 1.46. The molecule has 0 saturated heterocycles. The van der Waals surface area contributed by atoms with Crippen LogP contribution in [0.3, 0.4) is 0 Å². The van der Waals surface area contributed by atoms with Crippen molar-refractivity contribution in [1.82, 2.24) is 20.2 Å². The molecule has 0 fully saturated rings. The van der Waals surface area contributed by atoms with Crippen molar-refractivity contribution in [2.75, 3.05) is 12.9 Å². The third-order valence-electron chi connectivity index (χ3n) is 4.81. The smallest absolute Gasteiger partial charge is 0.250 e. The van der Waals surface area contributed by atoms with Crippen LogP contribution in [0.1, 0.15) is 5.56 Å². The Labute approximate surface area is 212 Å². The van der Waals surface area contributed by atoms with E-state index < -0.39 is 0 Å². The van der Waals surface area contributed by atoms with Gasteiger partial charge in [-0.05, 0) is 35.9 Å². The number of methoxy groups -OCH3 is 1. The van der Waals surface area contributed by atoms with Gasteiger partial charge in [0.2, 0.25) is 0 Å². The number of allylic oxidation sites excluding steroid dienone is 1. The van der Waals surface area contributed by atoms with E-state index in [9.17, 15) is 4.79 Å². The van der Waals surface area contributed by atoms with Crippen LogP contribution in [0, 0.1) is 0 Å². The summed E-state index contributed by atoms with van der Waals surface area (Å²) in [4.78, 5) is 12.4. The van der Waals surface area contributed by atoms with Crippen molar-refractivity contribution in [3.05, 3.63) is 95.5 Å². The van der Waals surface area contributed by atoms with Crippen LogP contribution >= 0.6 is 23.4 Å².